The first-order valence-corrected chi connectivity index (χ1v) is 8.71. The molecule has 3 rings (SSSR count). The molecule has 0 fully saturated rings. The molecule has 1 aliphatic rings. The van der Waals surface area contributed by atoms with Crippen molar-refractivity contribution in [1.29, 1.82) is 0 Å². The summed E-state index contributed by atoms with van der Waals surface area (Å²) in [6.45, 7) is 0.573. The first-order chi connectivity index (χ1) is 13.7. The van der Waals surface area contributed by atoms with Gasteiger partial charge in [0.2, 0.25) is 5.78 Å². The molecule has 1 atom stereocenters. The highest BCUT2D eigenvalue weighted by atomic mass is 35.5. The molecule has 0 spiro atoms. The third-order valence-corrected chi connectivity index (χ3v) is 4.52. The first kappa shape index (κ1) is 20.2. The van der Waals surface area contributed by atoms with Gasteiger partial charge in [-0.05, 0) is 37.3 Å². The molecular weight excluding hydrogens is 404 g/mol. The number of imide groups is 1. The third-order valence-electron chi connectivity index (χ3n) is 4.27. The van der Waals surface area contributed by atoms with E-state index in [0.29, 0.717) is 9.92 Å². The SMILES string of the molecule is CC(OC(=O)CN1C(=O)c2cccc([N+](=O)[O-])c2C1=O)C(=O)c1ccc(Cl)cc1. The van der Waals surface area contributed by atoms with Crippen molar-refractivity contribution in [2.75, 3.05) is 6.54 Å². The topological polar surface area (TPSA) is 124 Å². The average molecular weight is 417 g/mol. The van der Waals surface area contributed by atoms with Gasteiger partial charge in [-0.1, -0.05) is 17.7 Å². The molecule has 29 heavy (non-hydrogen) atoms. The Morgan fingerprint density at radius 1 is 1.14 bits per heavy atom. The normalized spacial score (nSPS) is 13.8. The molecule has 1 unspecified atom stereocenters. The van der Waals surface area contributed by atoms with Crippen LogP contribution in [0.2, 0.25) is 5.02 Å². The van der Waals surface area contributed by atoms with Gasteiger partial charge < -0.3 is 4.74 Å². The molecule has 2 aromatic carbocycles. The van der Waals surface area contributed by atoms with E-state index in [1.54, 1.807) is 0 Å². The average Bonchev–Trinajstić information content (AvgIpc) is 2.92. The summed E-state index contributed by atoms with van der Waals surface area (Å²) in [5.74, 6) is -3.31. The predicted molar refractivity (Wildman–Crippen MR) is 99.8 cm³/mol. The Morgan fingerprint density at radius 3 is 2.41 bits per heavy atom. The number of nitro benzene ring substituents is 1. The second-order valence-corrected chi connectivity index (χ2v) is 6.59. The number of rotatable bonds is 6. The van der Waals surface area contributed by atoms with Crippen LogP contribution in [0.1, 0.15) is 38.0 Å². The maximum atomic E-state index is 12.5. The monoisotopic (exact) mass is 416 g/mol. The minimum Gasteiger partial charge on any atom is -0.453 e. The summed E-state index contributed by atoms with van der Waals surface area (Å²) in [5.41, 5.74) is -0.795. The molecule has 0 aliphatic carbocycles. The Labute approximate surface area is 169 Å². The smallest absolute Gasteiger partial charge is 0.326 e. The lowest BCUT2D eigenvalue weighted by atomic mass is 10.1. The number of Topliss-reactive ketones (excluding diaryl/α,β-unsaturated/α-hetero) is 1. The zero-order valence-corrected chi connectivity index (χ0v) is 15.7. The lowest BCUT2D eigenvalue weighted by molar-refractivity contribution is -0.385. The lowest BCUT2D eigenvalue weighted by Crippen LogP contribution is -2.37. The summed E-state index contributed by atoms with van der Waals surface area (Å²) in [6.07, 6.45) is -1.17. The molecule has 2 amide bonds. The van der Waals surface area contributed by atoms with Gasteiger partial charge in [0.1, 0.15) is 12.1 Å². The number of fused-ring (bicyclic) bond motifs is 1. The number of benzene rings is 2. The zero-order valence-electron chi connectivity index (χ0n) is 15.0. The Balaban J connectivity index is 1.71. The van der Waals surface area contributed by atoms with E-state index in [1.807, 2.05) is 0 Å². The number of hydrogen-bond acceptors (Lipinski definition) is 7. The molecule has 10 heteroatoms. The summed E-state index contributed by atoms with van der Waals surface area (Å²) in [4.78, 5) is 60.2. The van der Waals surface area contributed by atoms with Crippen molar-refractivity contribution in [2.24, 2.45) is 0 Å². The standard InChI is InChI=1S/C19H13ClN2O7/c1-10(17(24)11-5-7-12(20)8-6-11)29-15(23)9-21-18(25)13-3-2-4-14(22(27)28)16(13)19(21)26/h2-8,10H,9H2,1H3. The van der Waals surface area contributed by atoms with Crippen LogP contribution in [-0.2, 0) is 9.53 Å². The second kappa shape index (κ2) is 7.80. The van der Waals surface area contributed by atoms with Gasteiger partial charge in [0, 0.05) is 16.7 Å². The number of amides is 2. The van der Waals surface area contributed by atoms with E-state index in [2.05, 4.69) is 0 Å². The van der Waals surface area contributed by atoms with E-state index in [9.17, 15) is 29.3 Å². The van der Waals surface area contributed by atoms with Crippen molar-refractivity contribution >= 4 is 40.9 Å². The fourth-order valence-electron chi connectivity index (χ4n) is 2.88. The Bertz CT molecular complexity index is 1050. The van der Waals surface area contributed by atoms with Crippen molar-refractivity contribution < 1.29 is 28.8 Å². The molecule has 148 valence electrons. The van der Waals surface area contributed by atoms with Crippen LogP contribution in [-0.4, -0.2) is 46.0 Å². The molecule has 1 heterocycles. The molecular formula is C19H13ClN2O7. The van der Waals surface area contributed by atoms with Crippen LogP contribution in [0.3, 0.4) is 0 Å². The summed E-state index contributed by atoms with van der Waals surface area (Å²) in [5, 5.41) is 11.5. The van der Waals surface area contributed by atoms with E-state index >= 15 is 0 Å². The molecule has 1 aliphatic heterocycles. The molecule has 2 aromatic rings. The number of halogens is 1. The van der Waals surface area contributed by atoms with Crippen LogP contribution in [0.5, 0.6) is 0 Å². The van der Waals surface area contributed by atoms with E-state index in [0.717, 1.165) is 6.07 Å². The predicted octanol–water partition coefficient (Wildman–Crippen LogP) is 2.66. The fourth-order valence-corrected chi connectivity index (χ4v) is 3.00. The Morgan fingerprint density at radius 2 is 1.79 bits per heavy atom. The van der Waals surface area contributed by atoms with Gasteiger partial charge in [-0.25, -0.2) is 0 Å². The van der Waals surface area contributed by atoms with Gasteiger partial charge in [0.15, 0.2) is 6.10 Å². The molecule has 0 saturated heterocycles. The van der Waals surface area contributed by atoms with Gasteiger partial charge >= 0.3 is 5.97 Å². The van der Waals surface area contributed by atoms with Gasteiger partial charge in [-0.2, -0.15) is 0 Å². The quantitative estimate of drug-likeness (QED) is 0.233. The molecule has 0 N–H and O–H groups in total. The van der Waals surface area contributed by atoms with Crippen molar-refractivity contribution in [1.82, 2.24) is 4.90 Å². The highest BCUT2D eigenvalue weighted by Crippen LogP contribution is 2.30. The molecule has 0 bridgehead atoms. The van der Waals surface area contributed by atoms with Crippen LogP contribution in [0.15, 0.2) is 42.5 Å². The molecule has 0 saturated carbocycles. The van der Waals surface area contributed by atoms with Crippen LogP contribution in [0.25, 0.3) is 0 Å². The highest BCUT2D eigenvalue weighted by molar-refractivity contribution is 6.30. The Hall–Kier alpha value is -3.59. The van der Waals surface area contributed by atoms with Gasteiger partial charge in [0.05, 0.1) is 10.5 Å². The largest absolute Gasteiger partial charge is 0.453 e. The summed E-state index contributed by atoms with van der Waals surface area (Å²) < 4.78 is 5.03. The number of hydrogen-bond donors (Lipinski definition) is 0. The summed E-state index contributed by atoms with van der Waals surface area (Å²) >= 11 is 5.76. The number of ketones is 1. The van der Waals surface area contributed by atoms with Crippen LogP contribution < -0.4 is 0 Å². The fraction of sp³-hybridized carbons (Fsp3) is 0.158. The minimum absolute atomic E-state index is 0.165. The first-order valence-electron chi connectivity index (χ1n) is 8.33. The van der Waals surface area contributed by atoms with Crippen LogP contribution in [0.4, 0.5) is 5.69 Å². The van der Waals surface area contributed by atoms with Crippen molar-refractivity contribution in [3.05, 3.63) is 74.3 Å². The van der Waals surface area contributed by atoms with Crippen molar-refractivity contribution in [3.63, 3.8) is 0 Å². The third kappa shape index (κ3) is 3.85. The van der Waals surface area contributed by atoms with Crippen molar-refractivity contribution in [3.8, 4) is 0 Å². The molecule has 9 nitrogen and oxygen atoms in total. The van der Waals surface area contributed by atoms with Crippen LogP contribution in [0, 0.1) is 10.1 Å². The number of carbonyl (C=O) groups excluding carboxylic acids is 4. The number of esters is 1. The maximum absolute atomic E-state index is 12.5. The lowest BCUT2D eigenvalue weighted by Gasteiger charge is -2.16. The van der Waals surface area contributed by atoms with Gasteiger partial charge in [-0.3, -0.25) is 34.2 Å². The van der Waals surface area contributed by atoms with E-state index in [4.69, 9.17) is 16.3 Å². The second-order valence-electron chi connectivity index (χ2n) is 6.16. The van der Waals surface area contributed by atoms with E-state index in [1.165, 1.54) is 43.3 Å². The number of nitrogens with zero attached hydrogens (tertiary/aromatic N) is 2. The van der Waals surface area contributed by atoms with Gasteiger partial charge in [-0.15, -0.1) is 0 Å². The number of carbonyl (C=O) groups is 4. The summed E-state index contributed by atoms with van der Waals surface area (Å²) in [7, 11) is 0. The molecule has 0 aromatic heterocycles. The molecule has 0 radical (unpaired) electrons. The number of ether oxygens (including phenoxy) is 1. The van der Waals surface area contributed by atoms with E-state index in [-0.39, 0.29) is 16.7 Å². The minimum atomic E-state index is -1.17. The van der Waals surface area contributed by atoms with Crippen LogP contribution >= 0.6 is 11.6 Å². The van der Waals surface area contributed by atoms with Gasteiger partial charge in [0.25, 0.3) is 17.5 Å². The zero-order chi connectivity index (χ0) is 21.3. The maximum Gasteiger partial charge on any atom is 0.326 e. The van der Waals surface area contributed by atoms with Crippen molar-refractivity contribution in [2.45, 2.75) is 13.0 Å². The highest BCUT2D eigenvalue weighted by Gasteiger charge is 2.42. The van der Waals surface area contributed by atoms with E-state index < -0.39 is 46.8 Å². The Kier molecular flexibility index (Phi) is 5.42. The number of nitro groups is 1. The summed E-state index contributed by atoms with van der Waals surface area (Å²) in [6, 6.07) is 9.59.